The Morgan fingerprint density at radius 2 is 2.06 bits per heavy atom. The highest BCUT2D eigenvalue weighted by Crippen LogP contribution is 2.26. The fourth-order valence-electron chi connectivity index (χ4n) is 1.66. The van der Waals surface area contributed by atoms with Crippen LogP contribution in [0.5, 0.6) is 0 Å². The van der Waals surface area contributed by atoms with Crippen LogP contribution in [0.25, 0.3) is 10.1 Å². The highest BCUT2D eigenvalue weighted by atomic mass is 35.5. The van der Waals surface area contributed by atoms with E-state index in [1.54, 1.807) is 11.3 Å². The minimum atomic E-state index is -0.858. The average Bonchev–Trinajstić information content (AvgIpc) is 2.75. The monoisotopic (exact) mass is 256 g/mol. The van der Waals surface area contributed by atoms with Gasteiger partial charge in [0.15, 0.2) is 0 Å². The van der Waals surface area contributed by atoms with Gasteiger partial charge in [0.2, 0.25) is 0 Å². The van der Waals surface area contributed by atoms with Crippen LogP contribution in [0.3, 0.4) is 0 Å². The van der Waals surface area contributed by atoms with Crippen LogP contribution in [-0.2, 0) is 0 Å². The molecule has 0 spiro atoms. The zero-order chi connectivity index (χ0) is 11.5. The van der Waals surface area contributed by atoms with Crippen molar-refractivity contribution in [3.63, 3.8) is 0 Å². The Hall–Kier alpha value is -0.610. The van der Waals surface area contributed by atoms with E-state index in [2.05, 4.69) is 0 Å². The number of alkyl halides is 1. The second kappa shape index (κ2) is 5.15. The number of rotatable bonds is 4. The summed E-state index contributed by atoms with van der Waals surface area (Å²) in [5.41, 5.74) is 0.739. The third-order valence-corrected chi connectivity index (χ3v) is 3.70. The number of halogens is 1. The van der Waals surface area contributed by atoms with Gasteiger partial charge in [0.05, 0.1) is 6.10 Å². The van der Waals surface area contributed by atoms with Gasteiger partial charge in [-0.3, -0.25) is 0 Å². The summed E-state index contributed by atoms with van der Waals surface area (Å²) in [5, 5.41) is 22.7. The van der Waals surface area contributed by atoms with Crippen LogP contribution in [0.15, 0.2) is 29.6 Å². The normalized spacial score (nSPS) is 15.2. The molecule has 1 heterocycles. The van der Waals surface area contributed by atoms with Crippen LogP contribution < -0.4 is 0 Å². The first-order valence-corrected chi connectivity index (χ1v) is 6.53. The molecule has 4 heteroatoms. The van der Waals surface area contributed by atoms with Crippen molar-refractivity contribution >= 4 is 33.0 Å². The lowest BCUT2D eigenvalue weighted by Crippen LogP contribution is -2.18. The number of hydrogen-bond acceptors (Lipinski definition) is 3. The van der Waals surface area contributed by atoms with E-state index in [1.807, 2.05) is 29.6 Å². The first kappa shape index (κ1) is 11.9. The summed E-state index contributed by atoms with van der Waals surface area (Å²) in [6.45, 7) is 0. The van der Waals surface area contributed by atoms with Crippen LogP contribution >= 0.6 is 22.9 Å². The van der Waals surface area contributed by atoms with Gasteiger partial charge in [0.25, 0.3) is 0 Å². The van der Waals surface area contributed by atoms with Crippen molar-refractivity contribution in [1.29, 1.82) is 0 Å². The van der Waals surface area contributed by atoms with E-state index in [0.29, 0.717) is 12.3 Å². The maximum Gasteiger partial charge on any atom is 0.105 e. The molecule has 0 aliphatic rings. The summed E-state index contributed by atoms with van der Waals surface area (Å²) in [7, 11) is 0. The van der Waals surface area contributed by atoms with Crippen molar-refractivity contribution in [3.8, 4) is 0 Å². The second-order valence-electron chi connectivity index (χ2n) is 3.71. The molecule has 0 aliphatic heterocycles. The fraction of sp³-hybridized carbons (Fsp3) is 0.333. The third kappa shape index (κ3) is 2.38. The zero-order valence-corrected chi connectivity index (χ0v) is 10.2. The van der Waals surface area contributed by atoms with Gasteiger partial charge in [-0.25, -0.2) is 0 Å². The third-order valence-electron chi connectivity index (χ3n) is 2.59. The van der Waals surface area contributed by atoms with Crippen molar-refractivity contribution in [1.82, 2.24) is 0 Å². The smallest absolute Gasteiger partial charge is 0.105 e. The lowest BCUT2D eigenvalue weighted by atomic mass is 10.0. The van der Waals surface area contributed by atoms with Crippen molar-refractivity contribution in [2.75, 3.05) is 5.88 Å². The Morgan fingerprint density at radius 3 is 2.81 bits per heavy atom. The van der Waals surface area contributed by atoms with E-state index in [-0.39, 0.29) is 0 Å². The number of benzene rings is 1. The first-order chi connectivity index (χ1) is 7.72. The Kier molecular flexibility index (Phi) is 3.82. The molecule has 0 amide bonds. The molecule has 2 unspecified atom stereocenters. The van der Waals surface area contributed by atoms with E-state index in [1.165, 1.54) is 4.70 Å². The zero-order valence-electron chi connectivity index (χ0n) is 8.64. The van der Waals surface area contributed by atoms with Gasteiger partial charge in [-0.15, -0.1) is 22.9 Å². The molecule has 2 aromatic rings. The molecule has 0 bridgehead atoms. The maximum atomic E-state index is 9.91. The van der Waals surface area contributed by atoms with Crippen LogP contribution in [0, 0.1) is 0 Å². The molecular formula is C12H13ClO2S. The van der Waals surface area contributed by atoms with E-state index in [9.17, 15) is 10.2 Å². The first-order valence-electron chi connectivity index (χ1n) is 5.11. The molecule has 16 heavy (non-hydrogen) atoms. The minimum Gasteiger partial charge on any atom is -0.390 e. The van der Waals surface area contributed by atoms with Crippen molar-refractivity contribution in [3.05, 3.63) is 35.2 Å². The number of aliphatic hydroxyl groups excluding tert-OH is 2. The lowest BCUT2D eigenvalue weighted by Gasteiger charge is -2.17. The molecule has 0 saturated heterocycles. The maximum absolute atomic E-state index is 9.91. The van der Waals surface area contributed by atoms with Crippen molar-refractivity contribution in [2.24, 2.45) is 0 Å². The Morgan fingerprint density at radius 1 is 1.25 bits per heavy atom. The molecule has 0 saturated carbocycles. The van der Waals surface area contributed by atoms with E-state index in [0.717, 1.165) is 10.9 Å². The quantitative estimate of drug-likeness (QED) is 0.826. The van der Waals surface area contributed by atoms with Crippen LogP contribution in [0.4, 0.5) is 0 Å². The van der Waals surface area contributed by atoms with E-state index in [4.69, 9.17) is 11.6 Å². The summed E-state index contributed by atoms with van der Waals surface area (Å²) < 4.78 is 1.18. The topological polar surface area (TPSA) is 40.5 Å². The molecule has 2 N–H and O–H groups in total. The van der Waals surface area contributed by atoms with Gasteiger partial charge in [0, 0.05) is 10.6 Å². The SMILES string of the molecule is OC(CCCl)C(O)c1ccc2sccc2c1. The number of fused-ring (bicyclic) bond motifs is 1. The largest absolute Gasteiger partial charge is 0.390 e. The molecule has 1 aromatic carbocycles. The number of aliphatic hydroxyl groups is 2. The van der Waals surface area contributed by atoms with Crippen molar-refractivity contribution in [2.45, 2.75) is 18.6 Å². The molecule has 1 aromatic heterocycles. The molecule has 0 radical (unpaired) electrons. The lowest BCUT2D eigenvalue weighted by molar-refractivity contribution is 0.0171. The number of hydrogen-bond donors (Lipinski definition) is 2. The predicted molar refractivity (Wildman–Crippen MR) is 68.1 cm³/mol. The van der Waals surface area contributed by atoms with Gasteiger partial charge in [-0.05, 0) is 40.9 Å². The molecule has 0 fully saturated rings. The summed E-state index contributed by atoms with van der Waals surface area (Å²) in [4.78, 5) is 0. The summed E-state index contributed by atoms with van der Waals surface area (Å²) in [6.07, 6.45) is -1.26. The molecular weight excluding hydrogens is 244 g/mol. The van der Waals surface area contributed by atoms with Crippen LogP contribution in [0.2, 0.25) is 0 Å². The number of thiophene rings is 1. The predicted octanol–water partition coefficient (Wildman–Crippen LogP) is 2.92. The van der Waals surface area contributed by atoms with E-state index >= 15 is 0 Å². The summed E-state index contributed by atoms with van der Waals surface area (Å²) in [6, 6.07) is 7.73. The van der Waals surface area contributed by atoms with Crippen LogP contribution in [0.1, 0.15) is 18.1 Å². The summed E-state index contributed by atoms with van der Waals surface area (Å²) in [5.74, 6) is 0.346. The van der Waals surface area contributed by atoms with Gasteiger partial charge < -0.3 is 10.2 Å². The van der Waals surface area contributed by atoms with Gasteiger partial charge in [-0.1, -0.05) is 6.07 Å². The Balaban J connectivity index is 2.24. The van der Waals surface area contributed by atoms with Gasteiger partial charge in [-0.2, -0.15) is 0 Å². The Bertz CT molecular complexity index is 469. The van der Waals surface area contributed by atoms with Gasteiger partial charge in [0.1, 0.15) is 6.10 Å². The van der Waals surface area contributed by atoms with Crippen molar-refractivity contribution < 1.29 is 10.2 Å². The molecule has 2 nitrogen and oxygen atoms in total. The molecule has 2 atom stereocenters. The molecule has 2 rings (SSSR count). The van der Waals surface area contributed by atoms with Gasteiger partial charge >= 0.3 is 0 Å². The van der Waals surface area contributed by atoms with E-state index < -0.39 is 12.2 Å². The highest BCUT2D eigenvalue weighted by molar-refractivity contribution is 7.17. The Labute approximate surface area is 103 Å². The molecule has 86 valence electrons. The standard InChI is InChI=1S/C12H13ClO2S/c13-5-3-10(14)12(15)9-1-2-11-8(7-9)4-6-16-11/h1-2,4,6-7,10,12,14-15H,3,5H2. The fourth-order valence-corrected chi connectivity index (χ4v) is 2.66. The average molecular weight is 257 g/mol. The summed E-state index contributed by atoms with van der Waals surface area (Å²) >= 11 is 7.20. The minimum absolute atomic E-state index is 0.346. The molecule has 0 aliphatic carbocycles. The van der Waals surface area contributed by atoms with Crippen LogP contribution in [-0.4, -0.2) is 22.2 Å². The second-order valence-corrected chi connectivity index (χ2v) is 5.03. The highest BCUT2D eigenvalue weighted by Gasteiger charge is 2.17.